The molecule has 0 amide bonds. The van der Waals surface area contributed by atoms with E-state index in [1.165, 1.54) is 23.9 Å². The van der Waals surface area contributed by atoms with Crippen LogP contribution >= 0.6 is 11.8 Å². The number of allylic oxidation sites excluding steroid dienone is 1. The minimum absolute atomic E-state index is 0.241. The Bertz CT molecular complexity index is 896. The number of para-hydroxylation sites is 2. The van der Waals surface area contributed by atoms with E-state index in [0.717, 1.165) is 10.7 Å². The molecule has 0 N–H and O–H groups in total. The van der Waals surface area contributed by atoms with Gasteiger partial charge in [-0.3, -0.25) is 4.57 Å². The molecule has 0 aliphatic rings. The maximum atomic E-state index is 13.0. The topological polar surface area (TPSA) is 49.2 Å². The predicted molar refractivity (Wildman–Crippen MR) is 104 cm³/mol. The number of halogens is 1. The highest BCUT2D eigenvalue weighted by Crippen LogP contribution is 2.27. The number of methoxy groups -OCH3 is 1. The van der Waals surface area contributed by atoms with Gasteiger partial charge < -0.3 is 9.47 Å². The summed E-state index contributed by atoms with van der Waals surface area (Å²) < 4.78 is 26.1. The summed E-state index contributed by atoms with van der Waals surface area (Å²) in [4.78, 5) is 0. The lowest BCUT2D eigenvalue weighted by Crippen LogP contribution is -2.08. The van der Waals surface area contributed by atoms with E-state index in [2.05, 4.69) is 16.8 Å². The molecule has 27 heavy (non-hydrogen) atoms. The molecule has 5 nitrogen and oxygen atoms in total. The van der Waals surface area contributed by atoms with Crippen molar-refractivity contribution >= 4 is 11.8 Å². The van der Waals surface area contributed by atoms with E-state index in [9.17, 15) is 4.39 Å². The van der Waals surface area contributed by atoms with Crippen molar-refractivity contribution in [1.29, 1.82) is 0 Å². The maximum absolute atomic E-state index is 13.0. The molecule has 0 saturated heterocycles. The highest BCUT2D eigenvalue weighted by Gasteiger charge is 2.13. The van der Waals surface area contributed by atoms with Crippen molar-refractivity contribution in [3.8, 4) is 11.5 Å². The van der Waals surface area contributed by atoms with Gasteiger partial charge in [0.1, 0.15) is 12.4 Å². The van der Waals surface area contributed by atoms with Crippen LogP contribution in [0, 0.1) is 5.82 Å². The number of thioether (sulfide) groups is 1. The first-order valence-electron chi connectivity index (χ1n) is 8.37. The molecular formula is C20H20FN3O2S. The lowest BCUT2D eigenvalue weighted by atomic mass is 10.2. The van der Waals surface area contributed by atoms with E-state index in [1.807, 2.05) is 28.8 Å². The van der Waals surface area contributed by atoms with Crippen molar-refractivity contribution in [2.24, 2.45) is 0 Å². The molecule has 0 saturated carbocycles. The van der Waals surface area contributed by atoms with Gasteiger partial charge in [-0.2, -0.15) is 0 Å². The average Bonchev–Trinajstić information content (AvgIpc) is 3.08. The van der Waals surface area contributed by atoms with Gasteiger partial charge in [-0.25, -0.2) is 4.39 Å². The molecule has 3 aromatic rings. The first kappa shape index (κ1) is 19.0. The maximum Gasteiger partial charge on any atom is 0.191 e. The Labute approximate surface area is 161 Å². The minimum atomic E-state index is -0.241. The SMILES string of the molecule is C=CCn1c(COc2ccccc2OC)nnc1SCc1ccc(F)cc1. The number of aromatic nitrogens is 3. The van der Waals surface area contributed by atoms with E-state index in [-0.39, 0.29) is 12.4 Å². The molecule has 1 aromatic heterocycles. The van der Waals surface area contributed by atoms with E-state index in [1.54, 1.807) is 25.3 Å². The second kappa shape index (κ2) is 9.23. The highest BCUT2D eigenvalue weighted by molar-refractivity contribution is 7.98. The summed E-state index contributed by atoms with van der Waals surface area (Å²) >= 11 is 1.53. The lowest BCUT2D eigenvalue weighted by molar-refractivity contribution is 0.271. The van der Waals surface area contributed by atoms with Crippen LogP contribution in [0.4, 0.5) is 4.39 Å². The third-order valence-corrected chi connectivity index (χ3v) is 4.85. The van der Waals surface area contributed by atoms with Crippen molar-refractivity contribution in [2.75, 3.05) is 7.11 Å². The largest absolute Gasteiger partial charge is 0.493 e. The van der Waals surface area contributed by atoms with Crippen molar-refractivity contribution < 1.29 is 13.9 Å². The Kier molecular flexibility index (Phi) is 6.49. The zero-order valence-electron chi connectivity index (χ0n) is 15.0. The quantitative estimate of drug-likeness (QED) is 0.401. The third kappa shape index (κ3) is 4.89. The Hall–Kier alpha value is -2.80. The van der Waals surface area contributed by atoms with Crippen molar-refractivity contribution in [3.63, 3.8) is 0 Å². The van der Waals surface area contributed by atoms with Crippen LogP contribution in [0.5, 0.6) is 11.5 Å². The second-order valence-corrected chi connectivity index (χ2v) is 6.60. The fraction of sp³-hybridized carbons (Fsp3) is 0.200. The number of ether oxygens (including phenoxy) is 2. The first-order chi connectivity index (χ1) is 13.2. The highest BCUT2D eigenvalue weighted by atomic mass is 32.2. The van der Waals surface area contributed by atoms with Crippen LogP contribution in [0.1, 0.15) is 11.4 Å². The summed E-state index contributed by atoms with van der Waals surface area (Å²) in [5.74, 6) is 2.44. The fourth-order valence-corrected chi connectivity index (χ4v) is 3.38. The molecule has 3 rings (SSSR count). The molecule has 0 unspecified atom stereocenters. The van der Waals surface area contributed by atoms with Crippen LogP contribution in [0.2, 0.25) is 0 Å². The third-order valence-electron chi connectivity index (χ3n) is 3.81. The van der Waals surface area contributed by atoms with Crippen LogP contribution < -0.4 is 9.47 Å². The predicted octanol–water partition coefficient (Wildman–Crippen LogP) is 4.48. The van der Waals surface area contributed by atoms with Gasteiger partial charge >= 0.3 is 0 Å². The van der Waals surface area contributed by atoms with Gasteiger partial charge in [-0.1, -0.05) is 42.1 Å². The number of hydrogen-bond donors (Lipinski definition) is 0. The van der Waals surface area contributed by atoms with Gasteiger partial charge in [-0.15, -0.1) is 16.8 Å². The lowest BCUT2D eigenvalue weighted by Gasteiger charge is -2.11. The molecule has 140 valence electrons. The summed E-state index contributed by atoms with van der Waals surface area (Å²) in [5.41, 5.74) is 1.02. The van der Waals surface area contributed by atoms with Crippen molar-refractivity contribution in [3.05, 3.63) is 78.4 Å². The zero-order valence-corrected chi connectivity index (χ0v) is 15.8. The van der Waals surface area contributed by atoms with Gasteiger partial charge in [0.25, 0.3) is 0 Å². The fourth-order valence-electron chi connectivity index (χ4n) is 2.45. The zero-order chi connectivity index (χ0) is 19.1. The molecule has 0 atom stereocenters. The Morgan fingerprint density at radius 1 is 1.11 bits per heavy atom. The molecule has 0 spiro atoms. The number of nitrogens with zero attached hydrogens (tertiary/aromatic N) is 3. The van der Waals surface area contributed by atoms with E-state index in [4.69, 9.17) is 9.47 Å². The minimum Gasteiger partial charge on any atom is -0.493 e. The van der Waals surface area contributed by atoms with Gasteiger partial charge in [0.05, 0.1) is 7.11 Å². The average molecular weight is 385 g/mol. The molecule has 0 radical (unpaired) electrons. The van der Waals surface area contributed by atoms with Gasteiger partial charge in [0, 0.05) is 12.3 Å². The first-order valence-corrected chi connectivity index (χ1v) is 9.36. The molecule has 0 aliphatic carbocycles. The number of rotatable bonds is 9. The molecular weight excluding hydrogens is 365 g/mol. The van der Waals surface area contributed by atoms with Crippen LogP contribution in [-0.2, 0) is 18.9 Å². The number of hydrogen-bond acceptors (Lipinski definition) is 5. The summed E-state index contributed by atoms with van der Waals surface area (Å²) in [5, 5.41) is 9.28. The normalized spacial score (nSPS) is 10.6. The molecule has 0 fully saturated rings. The summed E-state index contributed by atoms with van der Waals surface area (Å²) in [6.07, 6.45) is 1.79. The summed E-state index contributed by atoms with van der Waals surface area (Å²) in [6, 6.07) is 13.9. The molecule has 7 heteroatoms. The Morgan fingerprint density at radius 3 is 2.56 bits per heavy atom. The summed E-state index contributed by atoms with van der Waals surface area (Å²) in [6.45, 7) is 4.64. The van der Waals surface area contributed by atoms with Gasteiger partial charge in [0.2, 0.25) is 0 Å². The van der Waals surface area contributed by atoms with E-state index < -0.39 is 0 Å². The van der Waals surface area contributed by atoms with Crippen LogP contribution in [-0.4, -0.2) is 21.9 Å². The molecule has 2 aromatic carbocycles. The van der Waals surface area contributed by atoms with E-state index >= 15 is 0 Å². The summed E-state index contributed by atoms with van der Waals surface area (Å²) in [7, 11) is 1.60. The van der Waals surface area contributed by atoms with Crippen molar-refractivity contribution in [1.82, 2.24) is 14.8 Å². The standard InChI is InChI=1S/C20H20FN3O2S/c1-3-12-24-19(13-26-18-7-5-4-6-17(18)25-2)22-23-20(24)27-14-15-8-10-16(21)11-9-15/h3-11H,1,12-14H2,2H3. The van der Waals surface area contributed by atoms with Crippen LogP contribution in [0.15, 0.2) is 66.3 Å². The van der Waals surface area contributed by atoms with Crippen LogP contribution in [0.25, 0.3) is 0 Å². The van der Waals surface area contributed by atoms with Crippen molar-refractivity contribution in [2.45, 2.75) is 24.1 Å². The molecule has 0 bridgehead atoms. The van der Waals surface area contributed by atoms with E-state index in [0.29, 0.717) is 29.6 Å². The Morgan fingerprint density at radius 2 is 1.85 bits per heavy atom. The monoisotopic (exact) mass is 385 g/mol. The van der Waals surface area contributed by atoms with Gasteiger partial charge in [-0.05, 0) is 29.8 Å². The smallest absolute Gasteiger partial charge is 0.191 e. The number of benzene rings is 2. The Balaban J connectivity index is 1.70. The molecule has 1 heterocycles. The van der Waals surface area contributed by atoms with Crippen LogP contribution in [0.3, 0.4) is 0 Å². The molecule has 0 aliphatic heterocycles. The van der Waals surface area contributed by atoms with Gasteiger partial charge in [0.15, 0.2) is 22.5 Å². The second-order valence-electron chi connectivity index (χ2n) is 5.65.